The molecule has 0 amide bonds. The highest BCUT2D eigenvalue weighted by molar-refractivity contribution is 6.59. The first kappa shape index (κ1) is 29.1. The van der Waals surface area contributed by atoms with Gasteiger partial charge in [-0.3, -0.25) is 0 Å². The Bertz CT molecular complexity index is 1430. The first-order chi connectivity index (χ1) is 18.2. The Hall–Kier alpha value is -5.16. The van der Waals surface area contributed by atoms with Crippen LogP contribution in [0.4, 0.5) is 0 Å². The molecule has 4 aromatic carbocycles. The van der Waals surface area contributed by atoms with Gasteiger partial charge in [0.2, 0.25) is 0 Å². The topological polar surface area (TPSA) is 167 Å². The summed E-state index contributed by atoms with van der Waals surface area (Å²) in [6.07, 6.45) is 0. The van der Waals surface area contributed by atoms with E-state index >= 15 is 0 Å². The molecule has 0 unspecified atom stereocenters. The first-order valence-corrected chi connectivity index (χ1v) is 11.0. The van der Waals surface area contributed by atoms with E-state index in [0.29, 0.717) is 22.5 Å². The standard InChI is InChI=1S/C14H11NO2.C7H9BO3.C7H5NO2/c1-17-14-5-3-2-4-13(14)11-6-10(9-15)7-12(16)8-11;1-11-7-5-3-2-4-6(7)8(9)10;8-4-5-1-6(9)3-7(10)2-5/h2-8,16H,1H3;2-5,9-10H,1H3;1-3,9-10H. The van der Waals surface area contributed by atoms with E-state index in [9.17, 15) is 5.11 Å². The van der Waals surface area contributed by atoms with Crippen LogP contribution >= 0.6 is 0 Å². The normalized spacial score (nSPS) is 9.32. The Morgan fingerprint density at radius 2 is 1.11 bits per heavy atom. The van der Waals surface area contributed by atoms with Crippen LogP contribution in [0.2, 0.25) is 0 Å². The van der Waals surface area contributed by atoms with Crippen LogP contribution in [0.3, 0.4) is 0 Å². The van der Waals surface area contributed by atoms with Gasteiger partial charge in [0, 0.05) is 17.1 Å². The van der Waals surface area contributed by atoms with Gasteiger partial charge in [0.1, 0.15) is 28.7 Å². The number of hydrogen-bond donors (Lipinski definition) is 5. The molecular weight excluding hydrogens is 487 g/mol. The molecule has 0 atom stereocenters. The Morgan fingerprint density at radius 3 is 1.61 bits per heavy atom. The van der Waals surface area contributed by atoms with Gasteiger partial charge < -0.3 is 34.8 Å². The molecule has 192 valence electrons. The second-order valence-electron chi connectivity index (χ2n) is 7.55. The fourth-order valence-corrected chi connectivity index (χ4v) is 3.25. The lowest BCUT2D eigenvalue weighted by atomic mass is 9.80. The minimum Gasteiger partial charge on any atom is -0.508 e. The van der Waals surface area contributed by atoms with E-state index in [1.165, 1.54) is 31.4 Å². The van der Waals surface area contributed by atoms with Gasteiger partial charge >= 0.3 is 7.12 Å². The van der Waals surface area contributed by atoms with Crippen LogP contribution in [0.1, 0.15) is 11.1 Å². The summed E-state index contributed by atoms with van der Waals surface area (Å²) < 4.78 is 10.1. The number of rotatable bonds is 4. The van der Waals surface area contributed by atoms with Crippen LogP contribution in [0.25, 0.3) is 11.1 Å². The van der Waals surface area contributed by atoms with E-state index < -0.39 is 7.12 Å². The highest BCUT2D eigenvalue weighted by atomic mass is 16.5. The average molecular weight is 512 g/mol. The van der Waals surface area contributed by atoms with Crippen LogP contribution in [-0.2, 0) is 0 Å². The highest BCUT2D eigenvalue weighted by Gasteiger charge is 2.15. The molecule has 4 rings (SSSR count). The van der Waals surface area contributed by atoms with Crippen LogP contribution < -0.4 is 14.9 Å². The molecule has 4 aromatic rings. The second-order valence-corrected chi connectivity index (χ2v) is 7.55. The molecule has 0 radical (unpaired) electrons. The molecule has 0 heterocycles. The summed E-state index contributed by atoms with van der Waals surface area (Å²) in [5.41, 5.74) is 2.67. The molecule has 0 aliphatic heterocycles. The first-order valence-electron chi connectivity index (χ1n) is 11.0. The van der Waals surface area contributed by atoms with Gasteiger partial charge in [-0.15, -0.1) is 0 Å². The van der Waals surface area contributed by atoms with Crippen molar-refractivity contribution in [3.63, 3.8) is 0 Å². The number of ether oxygens (including phenoxy) is 2. The zero-order chi connectivity index (χ0) is 28.1. The van der Waals surface area contributed by atoms with E-state index in [4.69, 9.17) is 40.3 Å². The summed E-state index contributed by atoms with van der Waals surface area (Å²) >= 11 is 0. The van der Waals surface area contributed by atoms with Crippen molar-refractivity contribution in [2.45, 2.75) is 0 Å². The molecule has 5 N–H and O–H groups in total. The lowest BCUT2D eigenvalue weighted by Crippen LogP contribution is -2.30. The van der Waals surface area contributed by atoms with Crippen LogP contribution in [0.15, 0.2) is 84.9 Å². The maximum atomic E-state index is 9.56. The molecule has 0 spiro atoms. The maximum absolute atomic E-state index is 9.56. The third-order valence-corrected chi connectivity index (χ3v) is 4.91. The number of phenolic OH excluding ortho intramolecular Hbond substituents is 3. The van der Waals surface area contributed by atoms with E-state index in [1.54, 1.807) is 49.6 Å². The number of hydrogen-bond acceptors (Lipinski definition) is 9. The minimum absolute atomic E-state index is 0.0740. The number of benzene rings is 4. The SMILES string of the molecule is COc1ccccc1-c1cc(O)cc(C#N)c1.COc1ccccc1B(O)O.N#Cc1cc(O)cc(O)c1. The summed E-state index contributed by atoms with van der Waals surface area (Å²) in [6, 6.07) is 26.5. The fourth-order valence-electron chi connectivity index (χ4n) is 3.25. The molecule has 0 saturated heterocycles. The van der Waals surface area contributed by atoms with Gasteiger partial charge in [0.15, 0.2) is 0 Å². The Labute approximate surface area is 220 Å². The second kappa shape index (κ2) is 14.4. The number of aromatic hydroxyl groups is 3. The molecule has 0 fully saturated rings. The van der Waals surface area contributed by atoms with Gasteiger partial charge in [-0.05, 0) is 48.0 Å². The number of phenols is 3. The van der Waals surface area contributed by atoms with Gasteiger partial charge in [0.25, 0.3) is 0 Å². The van der Waals surface area contributed by atoms with Gasteiger partial charge in [0.05, 0.1) is 37.5 Å². The lowest BCUT2D eigenvalue weighted by molar-refractivity contribution is 0.403. The Kier molecular flexibility index (Phi) is 11.0. The van der Waals surface area contributed by atoms with Crippen molar-refractivity contribution in [3.8, 4) is 52.0 Å². The molecule has 0 aliphatic rings. The van der Waals surface area contributed by atoms with Gasteiger partial charge in [-0.1, -0.05) is 36.4 Å². The van der Waals surface area contributed by atoms with Crippen molar-refractivity contribution >= 4 is 12.6 Å². The van der Waals surface area contributed by atoms with Crippen LogP contribution in [0.5, 0.6) is 28.7 Å². The third-order valence-electron chi connectivity index (χ3n) is 4.91. The van der Waals surface area contributed by atoms with Crippen molar-refractivity contribution in [2.75, 3.05) is 14.2 Å². The van der Waals surface area contributed by atoms with Crippen molar-refractivity contribution < 1.29 is 34.8 Å². The van der Waals surface area contributed by atoms with Crippen molar-refractivity contribution in [1.29, 1.82) is 10.5 Å². The minimum atomic E-state index is -1.47. The summed E-state index contributed by atoms with van der Waals surface area (Å²) in [4.78, 5) is 0. The van der Waals surface area contributed by atoms with Crippen LogP contribution in [0, 0.1) is 22.7 Å². The molecular formula is C28H25BN2O7. The molecule has 38 heavy (non-hydrogen) atoms. The molecule has 0 bridgehead atoms. The van der Waals surface area contributed by atoms with Gasteiger partial charge in [-0.2, -0.15) is 10.5 Å². The molecule has 0 aromatic heterocycles. The zero-order valence-corrected chi connectivity index (χ0v) is 20.6. The van der Waals surface area contributed by atoms with E-state index in [-0.39, 0.29) is 22.8 Å². The van der Waals surface area contributed by atoms with Crippen molar-refractivity contribution in [3.05, 3.63) is 96.1 Å². The zero-order valence-electron chi connectivity index (χ0n) is 20.6. The molecule has 9 nitrogen and oxygen atoms in total. The largest absolute Gasteiger partial charge is 0.508 e. The summed E-state index contributed by atoms with van der Waals surface area (Å²) in [7, 11) is 1.61. The summed E-state index contributed by atoms with van der Waals surface area (Å²) in [5, 5.41) is 62.0. The monoisotopic (exact) mass is 512 g/mol. The fraction of sp³-hybridized carbons (Fsp3) is 0.0714. The van der Waals surface area contributed by atoms with E-state index in [1.807, 2.05) is 30.3 Å². The number of nitrogens with zero attached hydrogens (tertiary/aromatic N) is 2. The highest BCUT2D eigenvalue weighted by Crippen LogP contribution is 2.32. The summed E-state index contributed by atoms with van der Waals surface area (Å²) in [5.74, 6) is 1.07. The number of nitriles is 2. The molecule has 10 heteroatoms. The average Bonchev–Trinajstić information content (AvgIpc) is 2.92. The predicted molar refractivity (Wildman–Crippen MR) is 142 cm³/mol. The van der Waals surface area contributed by atoms with E-state index in [2.05, 4.69) is 0 Å². The van der Waals surface area contributed by atoms with Crippen molar-refractivity contribution in [1.82, 2.24) is 0 Å². The maximum Gasteiger partial charge on any atom is 0.492 e. The predicted octanol–water partition coefficient (Wildman–Crippen LogP) is 3.28. The van der Waals surface area contributed by atoms with E-state index in [0.717, 1.165) is 11.1 Å². The third kappa shape index (κ3) is 8.50. The number of para-hydroxylation sites is 2. The Morgan fingerprint density at radius 1 is 0.632 bits per heavy atom. The van der Waals surface area contributed by atoms with Crippen molar-refractivity contribution in [2.24, 2.45) is 0 Å². The number of methoxy groups -OCH3 is 2. The Balaban J connectivity index is 0.000000211. The molecule has 0 aliphatic carbocycles. The smallest absolute Gasteiger partial charge is 0.492 e. The van der Waals surface area contributed by atoms with Crippen LogP contribution in [-0.4, -0.2) is 46.7 Å². The lowest BCUT2D eigenvalue weighted by Gasteiger charge is -2.08. The quantitative estimate of drug-likeness (QED) is 0.258. The summed E-state index contributed by atoms with van der Waals surface area (Å²) in [6.45, 7) is 0. The van der Waals surface area contributed by atoms with Gasteiger partial charge in [-0.25, -0.2) is 0 Å². The molecule has 0 saturated carbocycles.